The number of hydrogen-bond donors (Lipinski definition) is 2. The number of nitrogen functional groups attached to an aromatic ring is 1. The van der Waals surface area contributed by atoms with E-state index >= 15 is 0 Å². The zero-order valence-electron chi connectivity index (χ0n) is 9.62. The zero-order valence-corrected chi connectivity index (χ0v) is 12.1. The number of rotatable bonds is 5. The van der Waals surface area contributed by atoms with Gasteiger partial charge in [0, 0.05) is 4.88 Å². The molecule has 0 spiro atoms. The molecule has 18 heavy (non-hydrogen) atoms. The van der Waals surface area contributed by atoms with Gasteiger partial charge >= 0.3 is 0 Å². The second kappa shape index (κ2) is 6.17. The Balaban J connectivity index is 1.78. The summed E-state index contributed by atoms with van der Waals surface area (Å²) in [5, 5.41) is 12.9. The number of carbonyl (C=O) groups is 1. The lowest BCUT2D eigenvalue weighted by Crippen LogP contribution is -2.27. The summed E-state index contributed by atoms with van der Waals surface area (Å²) in [6, 6.07) is 4.02. The molecule has 0 aliphatic carbocycles. The summed E-state index contributed by atoms with van der Waals surface area (Å²) in [7, 11) is 0. The van der Waals surface area contributed by atoms with E-state index in [0.29, 0.717) is 15.2 Å². The Morgan fingerprint density at radius 3 is 3.06 bits per heavy atom. The van der Waals surface area contributed by atoms with E-state index in [1.54, 1.807) is 11.3 Å². The number of carbonyl (C=O) groups excluding carboxylic acids is 1. The van der Waals surface area contributed by atoms with E-state index in [9.17, 15) is 4.79 Å². The summed E-state index contributed by atoms with van der Waals surface area (Å²) in [5.41, 5.74) is 5.46. The second-order valence-electron chi connectivity index (χ2n) is 3.50. The Morgan fingerprint density at radius 1 is 1.61 bits per heavy atom. The van der Waals surface area contributed by atoms with Gasteiger partial charge in [-0.25, -0.2) is 0 Å². The lowest BCUT2D eigenvalue weighted by atomic mass is 10.3. The van der Waals surface area contributed by atoms with Crippen molar-refractivity contribution in [2.24, 2.45) is 0 Å². The molecule has 5 nitrogen and oxygen atoms in total. The summed E-state index contributed by atoms with van der Waals surface area (Å²) >= 11 is 4.26. The fourth-order valence-corrected chi connectivity index (χ4v) is 3.48. The third-order valence-electron chi connectivity index (χ3n) is 2.10. The molecule has 0 aliphatic heterocycles. The summed E-state index contributed by atoms with van der Waals surface area (Å²) in [6.45, 7) is 1.97. The van der Waals surface area contributed by atoms with E-state index in [1.807, 2.05) is 24.4 Å². The number of nitrogens with two attached hydrogens (primary N) is 1. The van der Waals surface area contributed by atoms with Crippen molar-refractivity contribution in [1.82, 2.24) is 15.5 Å². The average molecular weight is 300 g/mol. The standard InChI is InChI=1S/C10H12N4OS3/c1-6(7-3-2-4-16-7)12-8(15)5-17-10-14-13-9(11)18-10/h2-4,6H,5H2,1H3,(H2,11,13)(H,12,15). The number of thioether (sulfide) groups is 1. The smallest absolute Gasteiger partial charge is 0.230 e. The SMILES string of the molecule is CC(NC(=O)CSc1nnc(N)s1)c1cccs1. The maximum absolute atomic E-state index is 11.7. The molecule has 0 saturated carbocycles. The first kappa shape index (κ1) is 13.3. The van der Waals surface area contributed by atoms with Gasteiger partial charge in [-0.15, -0.1) is 21.5 Å². The Hall–Kier alpha value is -1.12. The van der Waals surface area contributed by atoms with E-state index in [2.05, 4.69) is 15.5 Å². The number of anilines is 1. The second-order valence-corrected chi connectivity index (χ2v) is 6.71. The van der Waals surface area contributed by atoms with Crippen molar-refractivity contribution in [1.29, 1.82) is 0 Å². The van der Waals surface area contributed by atoms with Crippen LogP contribution < -0.4 is 11.1 Å². The predicted octanol–water partition coefficient (Wildman–Crippen LogP) is 2.15. The lowest BCUT2D eigenvalue weighted by Gasteiger charge is -2.11. The van der Waals surface area contributed by atoms with Gasteiger partial charge in [0.2, 0.25) is 11.0 Å². The molecule has 0 fully saturated rings. The van der Waals surface area contributed by atoms with Gasteiger partial charge in [0.15, 0.2) is 4.34 Å². The van der Waals surface area contributed by atoms with Crippen molar-refractivity contribution in [2.75, 3.05) is 11.5 Å². The highest BCUT2D eigenvalue weighted by Gasteiger charge is 2.11. The van der Waals surface area contributed by atoms with Crippen molar-refractivity contribution in [3.8, 4) is 0 Å². The van der Waals surface area contributed by atoms with Crippen LogP contribution in [0, 0.1) is 0 Å². The van der Waals surface area contributed by atoms with E-state index in [0.717, 1.165) is 4.88 Å². The minimum absolute atomic E-state index is 0.0188. The van der Waals surface area contributed by atoms with Crippen molar-refractivity contribution in [3.63, 3.8) is 0 Å². The van der Waals surface area contributed by atoms with Crippen LogP contribution in [0.1, 0.15) is 17.8 Å². The Kier molecular flexibility index (Phi) is 4.56. The maximum Gasteiger partial charge on any atom is 0.230 e. The molecule has 0 bridgehead atoms. The van der Waals surface area contributed by atoms with Crippen LogP contribution in [0.15, 0.2) is 21.9 Å². The molecule has 0 aromatic carbocycles. The molecular formula is C10H12N4OS3. The minimum atomic E-state index is -0.0188. The van der Waals surface area contributed by atoms with Crippen LogP contribution in [0.5, 0.6) is 0 Å². The molecule has 1 atom stereocenters. The molecule has 2 rings (SSSR count). The molecule has 1 unspecified atom stereocenters. The van der Waals surface area contributed by atoms with Crippen LogP contribution in [0.3, 0.4) is 0 Å². The number of nitrogens with one attached hydrogen (secondary N) is 1. The molecular weight excluding hydrogens is 288 g/mol. The lowest BCUT2D eigenvalue weighted by molar-refractivity contribution is -0.119. The van der Waals surface area contributed by atoms with Crippen LogP contribution in [-0.2, 0) is 4.79 Å². The molecule has 3 N–H and O–H groups in total. The van der Waals surface area contributed by atoms with Crippen LogP contribution >= 0.6 is 34.4 Å². The highest BCUT2D eigenvalue weighted by atomic mass is 32.2. The number of amides is 1. The maximum atomic E-state index is 11.7. The van der Waals surface area contributed by atoms with Gasteiger partial charge in [0.25, 0.3) is 0 Å². The topological polar surface area (TPSA) is 80.9 Å². The average Bonchev–Trinajstić information content (AvgIpc) is 2.97. The largest absolute Gasteiger partial charge is 0.374 e. The number of nitrogens with zero attached hydrogens (tertiary/aromatic N) is 2. The molecule has 8 heteroatoms. The molecule has 0 aliphatic rings. The van der Waals surface area contributed by atoms with Crippen LogP contribution in [0.4, 0.5) is 5.13 Å². The molecule has 2 heterocycles. The normalized spacial score (nSPS) is 12.3. The van der Waals surface area contributed by atoms with Gasteiger partial charge in [0.05, 0.1) is 11.8 Å². The van der Waals surface area contributed by atoms with E-state index in [4.69, 9.17) is 5.73 Å². The zero-order chi connectivity index (χ0) is 13.0. The fraction of sp³-hybridized carbons (Fsp3) is 0.300. The van der Waals surface area contributed by atoms with Gasteiger partial charge in [-0.3, -0.25) is 4.79 Å². The predicted molar refractivity (Wildman–Crippen MR) is 75.9 cm³/mol. The first-order valence-corrected chi connectivity index (χ1v) is 7.88. The Morgan fingerprint density at radius 2 is 2.44 bits per heavy atom. The molecule has 2 aromatic rings. The Labute approximate surface area is 117 Å². The van der Waals surface area contributed by atoms with E-state index < -0.39 is 0 Å². The third kappa shape index (κ3) is 3.69. The van der Waals surface area contributed by atoms with Crippen molar-refractivity contribution < 1.29 is 4.79 Å². The van der Waals surface area contributed by atoms with Crippen molar-refractivity contribution in [3.05, 3.63) is 22.4 Å². The van der Waals surface area contributed by atoms with Gasteiger partial charge in [0.1, 0.15) is 0 Å². The summed E-state index contributed by atoms with van der Waals surface area (Å²) in [5.74, 6) is 0.305. The molecule has 0 saturated heterocycles. The monoisotopic (exact) mass is 300 g/mol. The molecule has 96 valence electrons. The van der Waals surface area contributed by atoms with Crippen molar-refractivity contribution >= 4 is 45.5 Å². The Bertz CT molecular complexity index is 511. The van der Waals surface area contributed by atoms with Crippen LogP contribution in [0.25, 0.3) is 0 Å². The number of aromatic nitrogens is 2. The first-order chi connectivity index (χ1) is 8.65. The summed E-state index contributed by atoms with van der Waals surface area (Å²) in [6.07, 6.45) is 0. The van der Waals surface area contributed by atoms with Gasteiger partial charge in [-0.2, -0.15) is 0 Å². The molecule has 0 radical (unpaired) electrons. The summed E-state index contributed by atoms with van der Waals surface area (Å²) in [4.78, 5) is 12.9. The van der Waals surface area contributed by atoms with Crippen LogP contribution in [-0.4, -0.2) is 21.9 Å². The summed E-state index contributed by atoms with van der Waals surface area (Å²) < 4.78 is 0.714. The van der Waals surface area contributed by atoms with Gasteiger partial charge < -0.3 is 11.1 Å². The quantitative estimate of drug-likeness (QED) is 0.827. The fourth-order valence-electron chi connectivity index (χ4n) is 1.30. The highest BCUT2D eigenvalue weighted by Crippen LogP contribution is 2.23. The van der Waals surface area contributed by atoms with Gasteiger partial charge in [-0.05, 0) is 18.4 Å². The van der Waals surface area contributed by atoms with E-state index in [1.165, 1.54) is 23.1 Å². The number of thiophene rings is 1. The van der Waals surface area contributed by atoms with Crippen LogP contribution in [0.2, 0.25) is 0 Å². The van der Waals surface area contributed by atoms with E-state index in [-0.39, 0.29) is 11.9 Å². The number of hydrogen-bond acceptors (Lipinski definition) is 7. The molecule has 1 amide bonds. The third-order valence-corrected chi connectivity index (χ3v) is 5.04. The van der Waals surface area contributed by atoms with Crippen molar-refractivity contribution in [2.45, 2.75) is 17.3 Å². The first-order valence-electron chi connectivity index (χ1n) is 5.19. The minimum Gasteiger partial charge on any atom is -0.374 e. The van der Waals surface area contributed by atoms with Gasteiger partial charge in [-0.1, -0.05) is 29.2 Å². The highest BCUT2D eigenvalue weighted by molar-refractivity contribution is 8.01. The molecule has 2 aromatic heterocycles.